The van der Waals surface area contributed by atoms with Gasteiger partial charge in [-0.3, -0.25) is 4.79 Å². The zero-order chi connectivity index (χ0) is 14.4. The number of benzene rings is 1. The molecule has 0 saturated heterocycles. The van der Waals surface area contributed by atoms with Crippen LogP contribution >= 0.6 is 0 Å². The molecule has 5 nitrogen and oxygen atoms in total. The number of nitrogens with zero attached hydrogens (tertiary/aromatic N) is 1. The molecule has 19 heavy (non-hydrogen) atoms. The Bertz CT molecular complexity index is 434. The van der Waals surface area contributed by atoms with Gasteiger partial charge in [-0.15, -0.1) is 0 Å². The first-order valence-corrected chi connectivity index (χ1v) is 6.27. The number of aliphatic carboxylic acids is 1. The number of carbonyl (C=O) groups is 2. The summed E-state index contributed by atoms with van der Waals surface area (Å²) in [5, 5.41) is 9.09. The highest BCUT2D eigenvalue weighted by molar-refractivity contribution is 5.88. The SMILES string of the molecule is CCC(C(=O)O)N(C)C(=O)C(CN)c1ccccc1. The number of carboxylic acids is 1. The van der Waals surface area contributed by atoms with Gasteiger partial charge in [-0.1, -0.05) is 37.3 Å². The van der Waals surface area contributed by atoms with Gasteiger partial charge in [0.15, 0.2) is 0 Å². The lowest BCUT2D eigenvalue weighted by Crippen LogP contribution is -2.45. The van der Waals surface area contributed by atoms with Crippen LogP contribution in [0.3, 0.4) is 0 Å². The summed E-state index contributed by atoms with van der Waals surface area (Å²) in [7, 11) is 1.51. The van der Waals surface area contributed by atoms with Crippen molar-refractivity contribution in [2.75, 3.05) is 13.6 Å². The van der Waals surface area contributed by atoms with Crippen LogP contribution in [0.5, 0.6) is 0 Å². The molecule has 1 aromatic rings. The Morgan fingerprint density at radius 2 is 1.89 bits per heavy atom. The van der Waals surface area contributed by atoms with E-state index in [0.717, 1.165) is 5.56 Å². The van der Waals surface area contributed by atoms with Crippen LogP contribution in [0.2, 0.25) is 0 Å². The zero-order valence-electron chi connectivity index (χ0n) is 11.2. The lowest BCUT2D eigenvalue weighted by atomic mass is 9.97. The van der Waals surface area contributed by atoms with Crippen LogP contribution in [0.15, 0.2) is 30.3 Å². The molecule has 0 saturated carbocycles. The van der Waals surface area contributed by atoms with Crippen LogP contribution in [0, 0.1) is 0 Å². The van der Waals surface area contributed by atoms with E-state index in [0.29, 0.717) is 6.42 Å². The average Bonchev–Trinajstić information content (AvgIpc) is 2.41. The first-order valence-electron chi connectivity index (χ1n) is 6.27. The Morgan fingerprint density at radius 1 is 1.32 bits per heavy atom. The number of likely N-dealkylation sites (N-methyl/N-ethyl adjacent to an activating group) is 1. The molecule has 3 N–H and O–H groups in total. The van der Waals surface area contributed by atoms with E-state index in [4.69, 9.17) is 10.8 Å². The summed E-state index contributed by atoms with van der Waals surface area (Å²) in [5.41, 5.74) is 6.47. The molecule has 0 heterocycles. The number of carbonyl (C=O) groups excluding carboxylic acids is 1. The Balaban J connectivity index is 2.93. The van der Waals surface area contributed by atoms with E-state index in [1.165, 1.54) is 11.9 Å². The van der Waals surface area contributed by atoms with Crippen LogP contribution < -0.4 is 5.73 Å². The van der Waals surface area contributed by atoms with Gasteiger partial charge in [0.1, 0.15) is 6.04 Å². The molecule has 0 aromatic heterocycles. The monoisotopic (exact) mass is 264 g/mol. The standard InChI is InChI=1S/C14H20N2O3/c1-3-12(14(18)19)16(2)13(17)11(9-15)10-7-5-4-6-8-10/h4-8,11-12H,3,9,15H2,1-2H3,(H,18,19). The van der Waals surface area contributed by atoms with E-state index in [1.54, 1.807) is 6.92 Å². The van der Waals surface area contributed by atoms with E-state index in [9.17, 15) is 9.59 Å². The number of rotatable bonds is 6. The first kappa shape index (κ1) is 15.2. The second kappa shape index (κ2) is 6.89. The highest BCUT2D eigenvalue weighted by Gasteiger charge is 2.29. The molecule has 0 radical (unpaired) electrons. The molecule has 0 fully saturated rings. The molecule has 2 unspecified atom stereocenters. The quantitative estimate of drug-likeness (QED) is 0.804. The minimum absolute atomic E-state index is 0.156. The normalized spacial score (nSPS) is 13.6. The van der Waals surface area contributed by atoms with E-state index in [2.05, 4.69) is 0 Å². The van der Waals surface area contributed by atoms with Gasteiger partial charge in [0.2, 0.25) is 5.91 Å². The molecule has 5 heteroatoms. The van der Waals surface area contributed by atoms with Crippen LogP contribution in [0.1, 0.15) is 24.8 Å². The summed E-state index contributed by atoms with van der Waals surface area (Å²) >= 11 is 0. The molecule has 0 aliphatic heterocycles. The highest BCUT2D eigenvalue weighted by Crippen LogP contribution is 2.18. The highest BCUT2D eigenvalue weighted by atomic mass is 16.4. The predicted octanol–water partition coefficient (Wildman–Crippen LogP) is 1.05. The van der Waals surface area contributed by atoms with Gasteiger partial charge in [0.25, 0.3) is 0 Å². The predicted molar refractivity (Wildman–Crippen MR) is 72.7 cm³/mol. The molecule has 1 amide bonds. The van der Waals surface area contributed by atoms with Crippen molar-refractivity contribution < 1.29 is 14.7 Å². The van der Waals surface area contributed by atoms with Gasteiger partial charge in [-0.05, 0) is 12.0 Å². The van der Waals surface area contributed by atoms with Crippen LogP contribution in [0.4, 0.5) is 0 Å². The van der Waals surface area contributed by atoms with Crippen molar-refractivity contribution in [1.82, 2.24) is 4.90 Å². The van der Waals surface area contributed by atoms with Gasteiger partial charge in [-0.2, -0.15) is 0 Å². The maximum atomic E-state index is 12.4. The van der Waals surface area contributed by atoms with Crippen molar-refractivity contribution in [2.24, 2.45) is 5.73 Å². The fourth-order valence-corrected chi connectivity index (χ4v) is 2.08. The molecule has 104 valence electrons. The molecule has 0 bridgehead atoms. The lowest BCUT2D eigenvalue weighted by molar-refractivity contribution is -0.149. The van der Waals surface area contributed by atoms with Crippen LogP contribution in [-0.4, -0.2) is 41.5 Å². The number of amides is 1. The number of hydrogen-bond acceptors (Lipinski definition) is 3. The van der Waals surface area contributed by atoms with Crippen molar-refractivity contribution in [1.29, 1.82) is 0 Å². The Hall–Kier alpha value is -1.88. The summed E-state index contributed by atoms with van der Waals surface area (Å²) < 4.78 is 0. The van der Waals surface area contributed by atoms with Gasteiger partial charge < -0.3 is 15.7 Å². The third kappa shape index (κ3) is 3.54. The minimum Gasteiger partial charge on any atom is -0.480 e. The average molecular weight is 264 g/mol. The van der Waals surface area contributed by atoms with Crippen molar-refractivity contribution in [3.8, 4) is 0 Å². The van der Waals surface area contributed by atoms with Crippen molar-refractivity contribution in [2.45, 2.75) is 25.3 Å². The van der Waals surface area contributed by atoms with Gasteiger partial charge in [0.05, 0.1) is 5.92 Å². The second-order valence-corrected chi connectivity index (χ2v) is 4.41. The number of hydrogen-bond donors (Lipinski definition) is 2. The molecular weight excluding hydrogens is 244 g/mol. The molecule has 0 aliphatic carbocycles. The minimum atomic E-state index is -0.998. The van der Waals surface area contributed by atoms with Crippen molar-refractivity contribution in [3.63, 3.8) is 0 Å². The fraction of sp³-hybridized carbons (Fsp3) is 0.429. The summed E-state index contributed by atoms with van der Waals surface area (Å²) in [6.45, 7) is 1.89. The lowest BCUT2D eigenvalue weighted by Gasteiger charge is -2.27. The molecular formula is C14H20N2O3. The summed E-state index contributed by atoms with van der Waals surface area (Å²) in [5.74, 6) is -1.76. The molecule has 0 aliphatic rings. The van der Waals surface area contributed by atoms with E-state index >= 15 is 0 Å². The van der Waals surface area contributed by atoms with E-state index in [1.807, 2.05) is 30.3 Å². The molecule has 0 spiro atoms. The molecule has 2 atom stereocenters. The van der Waals surface area contributed by atoms with Gasteiger partial charge in [0, 0.05) is 13.6 Å². The van der Waals surface area contributed by atoms with Gasteiger partial charge >= 0.3 is 5.97 Å². The Labute approximate surface area is 113 Å². The van der Waals surface area contributed by atoms with Crippen molar-refractivity contribution >= 4 is 11.9 Å². The Morgan fingerprint density at radius 3 is 2.32 bits per heavy atom. The third-order valence-corrected chi connectivity index (χ3v) is 3.22. The van der Waals surface area contributed by atoms with Crippen LogP contribution in [-0.2, 0) is 9.59 Å². The smallest absolute Gasteiger partial charge is 0.326 e. The fourth-order valence-electron chi connectivity index (χ4n) is 2.08. The van der Waals surface area contributed by atoms with Crippen LogP contribution in [0.25, 0.3) is 0 Å². The van der Waals surface area contributed by atoms with E-state index < -0.39 is 17.9 Å². The number of carboxylic acid groups (broad SMARTS) is 1. The number of nitrogens with two attached hydrogens (primary N) is 1. The first-order chi connectivity index (χ1) is 9.02. The van der Waals surface area contributed by atoms with E-state index in [-0.39, 0.29) is 12.5 Å². The maximum Gasteiger partial charge on any atom is 0.326 e. The largest absolute Gasteiger partial charge is 0.480 e. The Kier molecular flexibility index (Phi) is 5.51. The van der Waals surface area contributed by atoms with Gasteiger partial charge in [-0.25, -0.2) is 4.79 Å². The maximum absolute atomic E-state index is 12.4. The topological polar surface area (TPSA) is 83.6 Å². The molecule has 1 aromatic carbocycles. The summed E-state index contributed by atoms with van der Waals surface area (Å²) in [6.07, 6.45) is 0.365. The summed E-state index contributed by atoms with van der Waals surface area (Å²) in [4.78, 5) is 24.7. The summed E-state index contributed by atoms with van der Waals surface area (Å²) in [6, 6.07) is 8.36. The third-order valence-electron chi connectivity index (χ3n) is 3.22. The molecule has 1 rings (SSSR count). The zero-order valence-corrected chi connectivity index (χ0v) is 11.2. The second-order valence-electron chi connectivity index (χ2n) is 4.41. The van der Waals surface area contributed by atoms with Crippen molar-refractivity contribution in [3.05, 3.63) is 35.9 Å².